The third kappa shape index (κ3) is 8.24. The molecule has 0 aliphatic heterocycles. The number of carbonyl (C=O) groups is 2. The van der Waals surface area contributed by atoms with E-state index in [2.05, 4.69) is 5.32 Å². The van der Waals surface area contributed by atoms with Crippen molar-refractivity contribution >= 4 is 62.3 Å². The van der Waals surface area contributed by atoms with E-state index in [1.807, 2.05) is 6.92 Å². The molecular weight excluding hydrogens is 557 g/mol. The largest absolute Gasteiger partial charge is 0.352 e. The minimum atomic E-state index is -3.84. The topological polar surface area (TPSA) is 86.8 Å². The molecule has 202 valence electrons. The molecule has 7 nitrogen and oxygen atoms in total. The summed E-state index contributed by atoms with van der Waals surface area (Å²) >= 11 is 18.4. The van der Waals surface area contributed by atoms with Crippen LogP contribution in [0.25, 0.3) is 0 Å². The second kappa shape index (κ2) is 13.2. The van der Waals surface area contributed by atoms with E-state index in [9.17, 15) is 18.0 Å². The molecule has 1 fully saturated rings. The molecule has 37 heavy (non-hydrogen) atoms. The van der Waals surface area contributed by atoms with Crippen LogP contribution in [0.1, 0.15) is 51.0 Å². The average molecular weight is 589 g/mol. The van der Waals surface area contributed by atoms with Crippen molar-refractivity contribution in [1.82, 2.24) is 10.2 Å². The maximum Gasteiger partial charge on any atom is 0.244 e. The first kappa shape index (κ1) is 29.6. The van der Waals surface area contributed by atoms with Crippen LogP contribution >= 0.6 is 34.8 Å². The molecule has 0 aromatic heterocycles. The van der Waals surface area contributed by atoms with Crippen molar-refractivity contribution in [2.24, 2.45) is 0 Å². The first-order valence-corrected chi connectivity index (χ1v) is 15.2. The smallest absolute Gasteiger partial charge is 0.244 e. The van der Waals surface area contributed by atoms with Gasteiger partial charge in [-0.2, -0.15) is 0 Å². The van der Waals surface area contributed by atoms with Gasteiger partial charge < -0.3 is 10.2 Å². The molecule has 1 aliphatic rings. The molecule has 0 bridgehead atoms. The number of hydrogen-bond acceptors (Lipinski definition) is 4. The van der Waals surface area contributed by atoms with Crippen LogP contribution in [-0.4, -0.2) is 50.0 Å². The Balaban J connectivity index is 1.93. The highest BCUT2D eigenvalue weighted by Crippen LogP contribution is 2.26. The molecule has 1 aliphatic carbocycles. The molecule has 11 heteroatoms. The summed E-state index contributed by atoms with van der Waals surface area (Å²) in [6.07, 6.45) is 6.43. The van der Waals surface area contributed by atoms with Crippen molar-refractivity contribution in [3.63, 3.8) is 0 Å². The van der Waals surface area contributed by atoms with Gasteiger partial charge in [-0.3, -0.25) is 13.9 Å². The van der Waals surface area contributed by atoms with Gasteiger partial charge in [-0.25, -0.2) is 8.42 Å². The normalized spacial score (nSPS) is 15.2. The molecule has 1 N–H and O–H groups in total. The van der Waals surface area contributed by atoms with E-state index in [0.717, 1.165) is 42.7 Å². The Morgan fingerprint density at radius 3 is 2.32 bits per heavy atom. The Bertz CT molecular complexity index is 1220. The fourth-order valence-electron chi connectivity index (χ4n) is 4.54. The van der Waals surface area contributed by atoms with Crippen molar-refractivity contribution in [2.45, 2.75) is 64.1 Å². The van der Waals surface area contributed by atoms with Gasteiger partial charge in [0.05, 0.1) is 22.0 Å². The van der Waals surface area contributed by atoms with Gasteiger partial charge in [-0.15, -0.1) is 0 Å². The van der Waals surface area contributed by atoms with E-state index >= 15 is 0 Å². The maximum absolute atomic E-state index is 13.8. The highest BCUT2D eigenvalue weighted by atomic mass is 35.5. The third-order valence-electron chi connectivity index (χ3n) is 6.45. The Labute approximate surface area is 234 Å². The van der Waals surface area contributed by atoms with Crippen LogP contribution in [0, 0.1) is 0 Å². The Kier molecular flexibility index (Phi) is 10.5. The molecule has 2 amide bonds. The number of amides is 2. The average Bonchev–Trinajstić information content (AvgIpc) is 2.84. The summed E-state index contributed by atoms with van der Waals surface area (Å²) in [7, 11) is -3.84. The summed E-state index contributed by atoms with van der Waals surface area (Å²) in [4.78, 5) is 28.6. The first-order chi connectivity index (χ1) is 17.5. The molecule has 0 spiro atoms. The lowest BCUT2D eigenvalue weighted by Gasteiger charge is -2.34. The Morgan fingerprint density at radius 1 is 1.03 bits per heavy atom. The zero-order valence-electron chi connectivity index (χ0n) is 20.9. The van der Waals surface area contributed by atoms with E-state index in [1.54, 1.807) is 36.4 Å². The predicted octanol–water partition coefficient (Wildman–Crippen LogP) is 5.67. The van der Waals surface area contributed by atoms with Gasteiger partial charge in [0.2, 0.25) is 21.8 Å². The lowest BCUT2D eigenvalue weighted by molar-refractivity contribution is -0.140. The van der Waals surface area contributed by atoms with Crippen molar-refractivity contribution in [3.05, 3.63) is 63.1 Å². The standard InChI is InChI=1S/C26H32Cl3N3O4S/c1-3-24(26(34)30-20-9-5-4-6-10-20)31(16-18-12-13-22(28)23(29)14-18)25(33)17-32(37(2,35)36)21-11-7-8-19(27)15-21/h7-8,11-15,20,24H,3-6,9-10,16-17H2,1-2H3,(H,30,34)/t24-/m1/s1. The first-order valence-electron chi connectivity index (χ1n) is 12.3. The van der Waals surface area contributed by atoms with Gasteiger partial charge in [-0.05, 0) is 55.2 Å². The number of nitrogens with zero attached hydrogens (tertiary/aromatic N) is 2. The van der Waals surface area contributed by atoms with E-state index in [-0.39, 0.29) is 24.2 Å². The zero-order chi connectivity index (χ0) is 27.2. The molecule has 3 rings (SSSR count). The zero-order valence-corrected chi connectivity index (χ0v) is 24.0. The fourth-order valence-corrected chi connectivity index (χ4v) is 5.89. The molecular formula is C26H32Cl3N3O4S. The third-order valence-corrected chi connectivity index (χ3v) is 8.56. The van der Waals surface area contributed by atoms with Crippen LogP contribution in [0.5, 0.6) is 0 Å². The fraction of sp³-hybridized carbons (Fsp3) is 0.462. The minimum Gasteiger partial charge on any atom is -0.352 e. The van der Waals surface area contributed by atoms with E-state index in [4.69, 9.17) is 34.8 Å². The van der Waals surface area contributed by atoms with Crippen LogP contribution in [0.15, 0.2) is 42.5 Å². The number of rotatable bonds is 10. The van der Waals surface area contributed by atoms with Crippen LogP contribution in [0.4, 0.5) is 5.69 Å². The number of sulfonamides is 1. The van der Waals surface area contributed by atoms with Crippen molar-refractivity contribution < 1.29 is 18.0 Å². The minimum absolute atomic E-state index is 0.0550. The van der Waals surface area contributed by atoms with Crippen LogP contribution in [-0.2, 0) is 26.2 Å². The molecule has 0 unspecified atom stereocenters. The number of anilines is 1. The van der Waals surface area contributed by atoms with Crippen LogP contribution in [0.2, 0.25) is 15.1 Å². The molecule has 0 radical (unpaired) electrons. The number of hydrogen-bond donors (Lipinski definition) is 1. The van der Waals surface area contributed by atoms with Crippen molar-refractivity contribution in [2.75, 3.05) is 17.1 Å². The summed E-state index contributed by atoms with van der Waals surface area (Å²) in [5.74, 6) is -0.779. The number of halogens is 3. The van der Waals surface area contributed by atoms with Gasteiger partial charge >= 0.3 is 0 Å². The molecule has 0 heterocycles. The molecule has 0 saturated heterocycles. The molecule has 2 aromatic rings. The predicted molar refractivity (Wildman–Crippen MR) is 150 cm³/mol. The number of benzene rings is 2. The lowest BCUT2D eigenvalue weighted by atomic mass is 9.95. The van der Waals surface area contributed by atoms with E-state index in [1.165, 1.54) is 11.0 Å². The van der Waals surface area contributed by atoms with Crippen LogP contribution in [0.3, 0.4) is 0 Å². The maximum atomic E-state index is 13.8. The molecule has 1 saturated carbocycles. The monoisotopic (exact) mass is 587 g/mol. The highest BCUT2D eigenvalue weighted by molar-refractivity contribution is 7.92. The van der Waals surface area contributed by atoms with Gasteiger partial charge in [-0.1, -0.05) is 73.1 Å². The lowest BCUT2D eigenvalue weighted by Crippen LogP contribution is -2.53. The van der Waals surface area contributed by atoms with Crippen molar-refractivity contribution in [3.8, 4) is 0 Å². The van der Waals surface area contributed by atoms with E-state index in [0.29, 0.717) is 27.1 Å². The second-order valence-electron chi connectivity index (χ2n) is 9.29. The Hall–Kier alpha value is -2.00. The number of carbonyl (C=O) groups excluding carboxylic acids is 2. The summed E-state index contributed by atoms with van der Waals surface area (Å²) < 4.78 is 26.4. The number of nitrogens with one attached hydrogen (secondary N) is 1. The SMILES string of the molecule is CC[C@H](C(=O)NC1CCCCC1)N(Cc1ccc(Cl)c(Cl)c1)C(=O)CN(c1cccc(Cl)c1)S(C)(=O)=O. The van der Waals surface area contributed by atoms with Crippen LogP contribution < -0.4 is 9.62 Å². The Morgan fingerprint density at radius 2 is 1.73 bits per heavy atom. The molecule has 2 aromatic carbocycles. The highest BCUT2D eigenvalue weighted by Gasteiger charge is 2.33. The van der Waals surface area contributed by atoms with Gasteiger partial charge in [0, 0.05) is 17.6 Å². The summed E-state index contributed by atoms with van der Waals surface area (Å²) in [5.41, 5.74) is 0.929. The van der Waals surface area contributed by atoms with Gasteiger partial charge in [0.1, 0.15) is 12.6 Å². The molecule has 1 atom stereocenters. The van der Waals surface area contributed by atoms with Crippen molar-refractivity contribution in [1.29, 1.82) is 0 Å². The quantitative estimate of drug-likeness (QED) is 0.388. The van der Waals surface area contributed by atoms with Gasteiger partial charge in [0.25, 0.3) is 0 Å². The second-order valence-corrected chi connectivity index (χ2v) is 12.4. The summed E-state index contributed by atoms with van der Waals surface area (Å²) in [6.45, 7) is 1.39. The van der Waals surface area contributed by atoms with E-state index < -0.39 is 28.5 Å². The summed E-state index contributed by atoms with van der Waals surface area (Å²) in [5, 5.41) is 4.13. The summed E-state index contributed by atoms with van der Waals surface area (Å²) in [6, 6.07) is 10.5. The van der Waals surface area contributed by atoms with Gasteiger partial charge in [0.15, 0.2) is 0 Å².